The summed E-state index contributed by atoms with van der Waals surface area (Å²) in [6.07, 6.45) is 2.13. The van der Waals surface area contributed by atoms with Gasteiger partial charge in [-0.25, -0.2) is 0 Å². The van der Waals surface area contributed by atoms with Gasteiger partial charge in [0.25, 0.3) is 0 Å². The van der Waals surface area contributed by atoms with Crippen LogP contribution in [0.2, 0.25) is 0 Å². The Morgan fingerprint density at radius 2 is 1.93 bits per heavy atom. The van der Waals surface area contributed by atoms with Crippen LogP contribution in [0.25, 0.3) is 27.2 Å². The molecule has 0 aliphatic carbocycles. The number of rotatable bonds is 0. The fourth-order valence-electron chi connectivity index (χ4n) is 2.43. The van der Waals surface area contributed by atoms with Crippen molar-refractivity contribution in [2.24, 2.45) is 0 Å². The van der Waals surface area contributed by atoms with Crippen LogP contribution in [0.15, 0.2) is 48.7 Å². The van der Waals surface area contributed by atoms with E-state index < -0.39 is 0 Å². The lowest BCUT2D eigenvalue weighted by Crippen LogP contribution is -1.74. The molecule has 0 amide bonds. The zero-order valence-corrected chi connectivity index (χ0v) is 8.07. The number of para-hydroxylation sites is 1. The molecular weight excluding hydrogens is 182 g/mol. The molecule has 69 valence electrons. The summed E-state index contributed by atoms with van der Waals surface area (Å²) in [6, 6.07) is 18.1. The van der Waals surface area contributed by atoms with Gasteiger partial charge in [0.15, 0.2) is 0 Å². The van der Waals surface area contributed by atoms with Gasteiger partial charge in [0, 0.05) is 22.4 Å². The van der Waals surface area contributed by atoms with E-state index in [9.17, 15) is 0 Å². The topological polar surface area (TPSA) is 4.41 Å². The molecular formula is C14H8N. The molecule has 0 aliphatic heterocycles. The third-order valence-corrected chi connectivity index (χ3v) is 3.08. The highest BCUT2D eigenvalue weighted by molar-refractivity contribution is 6.13. The summed E-state index contributed by atoms with van der Waals surface area (Å²) in [4.78, 5) is 0. The zero-order chi connectivity index (χ0) is 9.83. The summed E-state index contributed by atoms with van der Waals surface area (Å²) in [5.74, 6) is 0. The van der Waals surface area contributed by atoms with Crippen molar-refractivity contribution in [1.29, 1.82) is 0 Å². The van der Waals surface area contributed by atoms with Crippen molar-refractivity contribution in [3.8, 4) is 0 Å². The van der Waals surface area contributed by atoms with Crippen molar-refractivity contribution < 1.29 is 0 Å². The molecule has 1 heteroatoms. The normalized spacial score (nSPS) is 12.0. The van der Waals surface area contributed by atoms with E-state index in [1.54, 1.807) is 0 Å². The van der Waals surface area contributed by atoms with E-state index in [4.69, 9.17) is 0 Å². The number of fused-ring (bicyclic) bond motifs is 3. The maximum Gasteiger partial charge on any atom is 0.0614 e. The van der Waals surface area contributed by atoms with Gasteiger partial charge < -0.3 is 4.40 Å². The molecule has 0 bridgehead atoms. The summed E-state index contributed by atoms with van der Waals surface area (Å²) in [7, 11) is 0. The highest BCUT2D eigenvalue weighted by Crippen LogP contribution is 2.31. The number of aromatic nitrogens is 1. The molecule has 4 rings (SSSR count). The Labute approximate surface area is 86.9 Å². The summed E-state index contributed by atoms with van der Waals surface area (Å²) >= 11 is 0. The number of nitrogens with zero attached hydrogens (tertiary/aromatic N) is 1. The van der Waals surface area contributed by atoms with Gasteiger partial charge in [-0.2, -0.15) is 0 Å². The van der Waals surface area contributed by atoms with E-state index in [0.717, 1.165) is 0 Å². The predicted molar refractivity (Wildman–Crippen MR) is 62.4 cm³/mol. The molecule has 15 heavy (non-hydrogen) atoms. The first kappa shape index (κ1) is 7.30. The molecule has 0 atom stereocenters. The van der Waals surface area contributed by atoms with Crippen LogP contribution >= 0.6 is 0 Å². The molecule has 1 radical (unpaired) electrons. The summed E-state index contributed by atoms with van der Waals surface area (Å²) < 4.78 is 2.25. The van der Waals surface area contributed by atoms with Crippen LogP contribution in [-0.4, -0.2) is 4.40 Å². The fraction of sp³-hybridized carbons (Fsp3) is 0. The molecule has 2 aromatic heterocycles. The van der Waals surface area contributed by atoms with Crippen molar-refractivity contribution in [2.45, 2.75) is 0 Å². The van der Waals surface area contributed by atoms with Gasteiger partial charge >= 0.3 is 0 Å². The maximum atomic E-state index is 3.33. The second kappa shape index (κ2) is 2.31. The van der Waals surface area contributed by atoms with E-state index in [1.165, 1.54) is 27.2 Å². The van der Waals surface area contributed by atoms with Crippen LogP contribution in [-0.2, 0) is 0 Å². The molecule has 1 nitrogen and oxygen atoms in total. The Bertz CT molecular complexity index is 742. The van der Waals surface area contributed by atoms with Crippen LogP contribution in [0.1, 0.15) is 0 Å². The Kier molecular flexibility index (Phi) is 1.13. The van der Waals surface area contributed by atoms with Crippen molar-refractivity contribution >= 4 is 27.2 Å². The number of hydrogen-bond donors (Lipinski definition) is 0. The average molecular weight is 190 g/mol. The summed E-state index contributed by atoms with van der Waals surface area (Å²) in [5, 5.41) is 3.81. The third-order valence-electron chi connectivity index (χ3n) is 3.08. The van der Waals surface area contributed by atoms with Gasteiger partial charge in [-0.05, 0) is 18.2 Å². The average Bonchev–Trinajstić information content (AvgIpc) is 2.85. The molecule has 2 aromatic carbocycles. The van der Waals surface area contributed by atoms with Crippen molar-refractivity contribution in [3.63, 3.8) is 0 Å². The quantitative estimate of drug-likeness (QED) is 0.400. The second-order valence-electron chi connectivity index (χ2n) is 3.86. The lowest BCUT2D eigenvalue weighted by atomic mass is 10.1. The largest absolute Gasteiger partial charge is 0.315 e. The summed E-state index contributed by atoms with van der Waals surface area (Å²) in [6.45, 7) is 0. The SMILES string of the molecule is [c]1ccc2ccn3c4ccccc4c1c23. The van der Waals surface area contributed by atoms with E-state index in [0.29, 0.717) is 0 Å². The first-order valence-electron chi connectivity index (χ1n) is 5.07. The van der Waals surface area contributed by atoms with Crippen molar-refractivity contribution in [2.75, 3.05) is 0 Å². The zero-order valence-electron chi connectivity index (χ0n) is 8.07. The maximum absolute atomic E-state index is 3.33. The highest BCUT2D eigenvalue weighted by atomic mass is 14.9. The molecule has 0 fully saturated rings. The third kappa shape index (κ3) is 0.747. The number of benzene rings is 2. The Hall–Kier alpha value is -2.02. The van der Waals surface area contributed by atoms with Gasteiger partial charge in [-0.3, -0.25) is 0 Å². The highest BCUT2D eigenvalue weighted by Gasteiger charge is 2.09. The van der Waals surface area contributed by atoms with E-state index in [-0.39, 0.29) is 0 Å². The minimum atomic E-state index is 1.23. The minimum Gasteiger partial charge on any atom is -0.315 e. The van der Waals surface area contributed by atoms with Crippen molar-refractivity contribution in [1.82, 2.24) is 4.40 Å². The standard InChI is InChI=1S/C14H8N/c1-2-7-13-11(5-1)12-6-3-4-10-8-9-15(13)14(10)12/h1-5,7-9H. The van der Waals surface area contributed by atoms with Crippen molar-refractivity contribution in [3.05, 3.63) is 54.7 Å². The van der Waals surface area contributed by atoms with Gasteiger partial charge in [0.1, 0.15) is 0 Å². The lowest BCUT2D eigenvalue weighted by molar-refractivity contribution is 1.30. The monoisotopic (exact) mass is 190 g/mol. The lowest BCUT2D eigenvalue weighted by Gasteiger charge is -1.89. The number of hydrogen-bond acceptors (Lipinski definition) is 0. The van der Waals surface area contributed by atoms with Gasteiger partial charge in [0.05, 0.1) is 11.0 Å². The minimum absolute atomic E-state index is 1.23. The Morgan fingerprint density at radius 3 is 2.93 bits per heavy atom. The first-order valence-corrected chi connectivity index (χ1v) is 5.07. The molecule has 0 saturated carbocycles. The smallest absolute Gasteiger partial charge is 0.0614 e. The molecule has 2 heterocycles. The fourth-order valence-corrected chi connectivity index (χ4v) is 2.43. The molecule has 0 spiro atoms. The Balaban J connectivity index is 2.53. The molecule has 0 N–H and O–H groups in total. The molecule has 4 aromatic rings. The predicted octanol–water partition coefficient (Wildman–Crippen LogP) is 3.48. The van der Waals surface area contributed by atoms with Crippen LogP contribution in [0.4, 0.5) is 0 Å². The van der Waals surface area contributed by atoms with Crippen LogP contribution in [0, 0.1) is 6.07 Å². The first-order chi connectivity index (χ1) is 7.45. The van der Waals surface area contributed by atoms with Crippen LogP contribution in [0.3, 0.4) is 0 Å². The molecule has 0 saturated heterocycles. The summed E-state index contributed by atoms with van der Waals surface area (Å²) in [5.41, 5.74) is 2.56. The van der Waals surface area contributed by atoms with Crippen LogP contribution in [0.5, 0.6) is 0 Å². The van der Waals surface area contributed by atoms with Gasteiger partial charge in [-0.1, -0.05) is 30.3 Å². The van der Waals surface area contributed by atoms with Crippen LogP contribution < -0.4 is 0 Å². The molecule has 0 unspecified atom stereocenters. The molecule has 0 aliphatic rings. The van der Waals surface area contributed by atoms with Gasteiger partial charge in [-0.15, -0.1) is 0 Å². The Morgan fingerprint density at radius 1 is 1.00 bits per heavy atom. The van der Waals surface area contributed by atoms with E-state index >= 15 is 0 Å². The van der Waals surface area contributed by atoms with E-state index in [1.807, 2.05) is 6.07 Å². The van der Waals surface area contributed by atoms with Gasteiger partial charge in [0.2, 0.25) is 0 Å². The second-order valence-corrected chi connectivity index (χ2v) is 3.86. The van der Waals surface area contributed by atoms with E-state index in [2.05, 4.69) is 53.1 Å².